The lowest BCUT2D eigenvalue weighted by atomic mass is 10.1. The standard InChI is InChI=1S/C15H17FN4O3/c16-10-3-1-4-11-13(10)14(19-18-11)20-8-9(7-12(20)22)15(23)17-5-2-6-21/h1,3-4,9,21H,2,5-8H2,(H,17,23)(H,18,19). The summed E-state index contributed by atoms with van der Waals surface area (Å²) < 4.78 is 14.0. The Hall–Kier alpha value is -2.48. The van der Waals surface area contributed by atoms with Gasteiger partial charge in [0.25, 0.3) is 0 Å². The van der Waals surface area contributed by atoms with Crippen LogP contribution in [0.1, 0.15) is 12.8 Å². The van der Waals surface area contributed by atoms with Gasteiger partial charge in [-0.3, -0.25) is 19.6 Å². The summed E-state index contributed by atoms with van der Waals surface area (Å²) in [7, 11) is 0. The van der Waals surface area contributed by atoms with E-state index in [-0.39, 0.29) is 42.6 Å². The fraction of sp³-hybridized carbons (Fsp3) is 0.400. The molecule has 2 amide bonds. The number of nitrogens with zero attached hydrogens (tertiary/aromatic N) is 2. The second kappa shape index (κ2) is 6.33. The third kappa shape index (κ3) is 2.89. The van der Waals surface area contributed by atoms with Crippen molar-refractivity contribution in [3.8, 4) is 0 Å². The number of carbonyl (C=O) groups excluding carboxylic acids is 2. The topological polar surface area (TPSA) is 98.3 Å². The predicted molar refractivity (Wildman–Crippen MR) is 81.2 cm³/mol. The Morgan fingerprint density at radius 2 is 2.35 bits per heavy atom. The second-order valence-electron chi connectivity index (χ2n) is 5.48. The molecular formula is C15H17FN4O3. The third-order valence-electron chi connectivity index (χ3n) is 3.91. The molecule has 3 N–H and O–H groups in total. The number of amides is 2. The molecule has 1 fully saturated rings. The molecule has 1 unspecified atom stereocenters. The van der Waals surface area contributed by atoms with Gasteiger partial charge < -0.3 is 10.4 Å². The van der Waals surface area contributed by atoms with E-state index in [0.717, 1.165) is 0 Å². The zero-order valence-electron chi connectivity index (χ0n) is 12.4. The van der Waals surface area contributed by atoms with Crippen molar-refractivity contribution < 1.29 is 19.1 Å². The largest absolute Gasteiger partial charge is 0.396 e. The van der Waals surface area contributed by atoms with Gasteiger partial charge in [0, 0.05) is 26.1 Å². The quantitative estimate of drug-likeness (QED) is 0.701. The summed E-state index contributed by atoms with van der Waals surface area (Å²) in [5, 5.41) is 18.4. The molecule has 0 bridgehead atoms. The Morgan fingerprint density at radius 1 is 1.52 bits per heavy atom. The number of H-pyrrole nitrogens is 1. The number of carbonyl (C=O) groups is 2. The molecule has 23 heavy (non-hydrogen) atoms. The van der Waals surface area contributed by atoms with Gasteiger partial charge in [-0.25, -0.2) is 4.39 Å². The Kier molecular flexibility index (Phi) is 4.24. The van der Waals surface area contributed by atoms with Crippen molar-refractivity contribution in [1.29, 1.82) is 0 Å². The molecule has 0 aliphatic carbocycles. The van der Waals surface area contributed by atoms with E-state index in [1.54, 1.807) is 12.1 Å². The third-order valence-corrected chi connectivity index (χ3v) is 3.91. The lowest BCUT2D eigenvalue weighted by Gasteiger charge is -2.14. The highest BCUT2D eigenvalue weighted by Crippen LogP contribution is 2.31. The summed E-state index contributed by atoms with van der Waals surface area (Å²) in [5.41, 5.74) is 0.503. The van der Waals surface area contributed by atoms with Gasteiger partial charge in [0.05, 0.1) is 16.8 Å². The average molecular weight is 320 g/mol. The molecule has 122 valence electrons. The van der Waals surface area contributed by atoms with E-state index in [2.05, 4.69) is 15.5 Å². The van der Waals surface area contributed by atoms with Crippen LogP contribution in [0.25, 0.3) is 10.9 Å². The minimum atomic E-state index is -0.500. The zero-order chi connectivity index (χ0) is 16.4. The Bertz CT molecular complexity index is 745. The van der Waals surface area contributed by atoms with Crippen molar-refractivity contribution in [2.24, 2.45) is 5.92 Å². The number of rotatable bonds is 5. The van der Waals surface area contributed by atoms with Crippen molar-refractivity contribution in [1.82, 2.24) is 15.5 Å². The number of hydrogen-bond acceptors (Lipinski definition) is 4. The van der Waals surface area contributed by atoms with Gasteiger partial charge in [-0.05, 0) is 18.6 Å². The number of nitrogens with one attached hydrogen (secondary N) is 2. The van der Waals surface area contributed by atoms with E-state index in [0.29, 0.717) is 18.5 Å². The molecular weight excluding hydrogens is 303 g/mol. The first-order chi connectivity index (χ1) is 11.1. The number of aromatic nitrogens is 2. The van der Waals surface area contributed by atoms with E-state index in [9.17, 15) is 14.0 Å². The predicted octanol–water partition coefficient (Wildman–Crippen LogP) is 0.553. The Morgan fingerprint density at radius 3 is 3.13 bits per heavy atom. The van der Waals surface area contributed by atoms with Crippen LogP contribution in [-0.4, -0.2) is 46.8 Å². The van der Waals surface area contributed by atoms with Crippen molar-refractivity contribution in [2.45, 2.75) is 12.8 Å². The number of benzene rings is 1. The first-order valence-electron chi connectivity index (χ1n) is 7.43. The molecule has 1 aromatic heterocycles. The summed E-state index contributed by atoms with van der Waals surface area (Å²) in [4.78, 5) is 25.6. The lowest BCUT2D eigenvalue weighted by molar-refractivity contribution is -0.126. The number of halogens is 1. The van der Waals surface area contributed by atoms with Gasteiger partial charge in [-0.2, -0.15) is 5.10 Å². The van der Waals surface area contributed by atoms with Gasteiger partial charge >= 0.3 is 0 Å². The van der Waals surface area contributed by atoms with Crippen molar-refractivity contribution in [3.63, 3.8) is 0 Å². The number of aromatic amines is 1. The molecule has 7 nitrogen and oxygen atoms in total. The number of aliphatic hydroxyl groups is 1. The van der Waals surface area contributed by atoms with E-state index in [1.807, 2.05) is 0 Å². The minimum absolute atomic E-state index is 0.00542. The van der Waals surface area contributed by atoms with Crippen LogP contribution in [-0.2, 0) is 9.59 Å². The van der Waals surface area contributed by atoms with E-state index in [1.165, 1.54) is 11.0 Å². The Balaban J connectivity index is 1.78. The molecule has 3 rings (SSSR count). The number of hydrogen-bond donors (Lipinski definition) is 3. The summed E-state index contributed by atoms with van der Waals surface area (Å²) in [6.45, 7) is 0.520. The van der Waals surface area contributed by atoms with Crippen LogP contribution >= 0.6 is 0 Å². The molecule has 0 spiro atoms. The van der Waals surface area contributed by atoms with Crippen LogP contribution < -0.4 is 10.2 Å². The summed E-state index contributed by atoms with van der Waals surface area (Å²) in [5.74, 6) is -1.25. The summed E-state index contributed by atoms with van der Waals surface area (Å²) in [6, 6.07) is 4.54. The normalized spacial score (nSPS) is 17.9. The molecule has 8 heteroatoms. The fourth-order valence-electron chi connectivity index (χ4n) is 2.73. The smallest absolute Gasteiger partial charge is 0.229 e. The molecule has 1 aliphatic heterocycles. The second-order valence-corrected chi connectivity index (χ2v) is 5.48. The molecule has 1 aliphatic rings. The average Bonchev–Trinajstić information content (AvgIpc) is 3.11. The lowest BCUT2D eigenvalue weighted by Crippen LogP contribution is -2.33. The number of aliphatic hydroxyl groups excluding tert-OH is 1. The van der Waals surface area contributed by atoms with Gasteiger partial charge in [0.2, 0.25) is 11.8 Å². The highest BCUT2D eigenvalue weighted by atomic mass is 19.1. The minimum Gasteiger partial charge on any atom is -0.396 e. The SMILES string of the molecule is O=C(NCCCO)C1CC(=O)N(c2n[nH]c3cccc(F)c23)C1. The molecule has 0 saturated carbocycles. The zero-order valence-corrected chi connectivity index (χ0v) is 12.4. The molecule has 2 aromatic rings. The molecule has 1 saturated heterocycles. The molecule has 0 radical (unpaired) electrons. The molecule has 1 atom stereocenters. The van der Waals surface area contributed by atoms with Crippen LogP contribution in [0.3, 0.4) is 0 Å². The first kappa shape index (κ1) is 15.4. The summed E-state index contributed by atoms with van der Waals surface area (Å²) >= 11 is 0. The Labute approximate surface area is 131 Å². The first-order valence-corrected chi connectivity index (χ1v) is 7.43. The highest BCUT2D eigenvalue weighted by molar-refractivity contribution is 6.05. The van der Waals surface area contributed by atoms with Crippen LogP contribution in [0.4, 0.5) is 10.2 Å². The van der Waals surface area contributed by atoms with Gasteiger partial charge in [-0.15, -0.1) is 0 Å². The van der Waals surface area contributed by atoms with Crippen molar-refractivity contribution in [3.05, 3.63) is 24.0 Å². The number of anilines is 1. The van der Waals surface area contributed by atoms with Crippen LogP contribution in [0.15, 0.2) is 18.2 Å². The van der Waals surface area contributed by atoms with E-state index < -0.39 is 11.7 Å². The summed E-state index contributed by atoms with van der Waals surface area (Å²) in [6.07, 6.45) is 0.527. The number of fused-ring (bicyclic) bond motifs is 1. The maximum Gasteiger partial charge on any atom is 0.229 e. The van der Waals surface area contributed by atoms with Crippen LogP contribution in [0.5, 0.6) is 0 Å². The van der Waals surface area contributed by atoms with E-state index >= 15 is 0 Å². The van der Waals surface area contributed by atoms with Crippen molar-refractivity contribution >= 4 is 28.5 Å². The monoisotopic (exact) mass is 320 g/mol. The van der Waals surface area contributed by atoms with Gasteiger partial charge in [-0.1, -0.05) is 6.07 Å². The maximum absolute atomic E-state index is 14.0. The highest BCUT2D eigenvalue weighted by Gasteiger charge is 2.37. The molecule has 2 heterocycles. The van der Waals surface area contributed by atoms with Crippen molar-refractivity contribution in [2.75, 3.05) is 24.6 Å². The van der Waals surface area contributed by atoms with Crippen LogP contribution in [0.2, 0.25) is 0 Å². The van der Waals surface area contributed by atoms with E-state index in [4.69, 9.17) is 5.11 Å². The van der Waals surface area contributed by atoms with Gasteiger partial charge in [0.15, 0.2) is 5.82 Å². The fourth-order valence-corrected chi connectivity index (χ4v) is 2.73. The molecule has 1 aromatic carbocycles. The van der Waals surface area contributed by atoms with Crippen LogP contribution in [0, 0.1) is 11.7 Å². The van der Waals surface area contributed by atoms with Gasteiger partial charge in [0.1, 0.15) is 5.82 Å². The maximum atomic E-state index is 14.0.